The van der Waals surface area contributed by atoms with E-state index in [4.69, 9.17) is 0 Å². The Morgan fingerprint density at radius 3 is 1.89 bits per heavy atom. The van der Waals surface area contributed by atoms with Gasteiger partial charge in [0.15, 0.2) is 0 Å². The lowest BCUT2D eigenvalue weighted by Gasteiger charge is -2.12. The molecule has 2 heteroatoms. The average Bonchev–Trinajstić information content (AvgIpc) is 2.79. The molecule has 0 spiro atoms. The van der Waals surface area contributed by atoms with Gasteiger partial charge in [-0.3, -0.25) is 0 Å². The first-order chi connectivity index (χ1) is 9.33. The first kappa shape index (κ1) is 16.3. The monoisotopic (exact) mass is 265 g/mol. The maximum Gasteiger partial charge on any atom is 0.0610 e. The smallest absolute Gasteiger partial charge is 0.0610 e. The zero-order chi connectivity index (χ0) is 13.9. The van der Waals surface area contributed by atoms with Gasteiger partial charge in [-0.25, -0.2) is 0 Å². The molecule has 0 saturated carbocycles. The fourth-order valence-corrected chi connectivity index (χ4v) is 2.67. The van der Waals surface area contributed by atoms with Gasteiger partial charge in [-0.15, -0.1) is 0 Å². The summed E-state index contributed by atoms with van der Waals surface area (Å²) >= 11 is 0. The van der Waals surface area contributed by atoms with Crippen LogP contribution in [0.5, 0.6) is 0 Å². The molecule has 0 saturated heterocycles. The zero-order valence-corrected chi connectivity index (χ0v) is 12.8. The Balaban J connectivity index is 2.53. The predicted molar refractivity (Wildman–Crippen MR) is 82.6 cm³/mol. The number of aryl methyl sites for hydroxylation is 2. The number of rotatable bonds is 11. The van der Waals surface area contributed by atoms with Crippen LogP contribution in [-0.4, -0.2) is 16.3 Å². The molecule has 110 valence electrons. The van der Waals surface area contributed by atoms with Crippen LogP contribution < -0.4 is 0 Å². The van der Waals surface area contributed by atoms with Gasteiger partial charge in [-0.1, -0.05) is 46.0 Å². The minimum absolute atomic E-state index is 0.247. The molecule has 0 amide bonds. The van der Waals surface area contributed by atoms with E-state index in [0.717, 1.165) is 19.4 Å². The van der Waals surface area contributed by atoms with E-state index in [1.807, 2.05) is 0 Å². The van der Waals surface area contributed by atoms with Crippen LogP contribution in [0.4, 0.5) is 0 Å². The van der Waals surface area contributed by atoms with Gasteiger partial charge in [0.25, 0.3) is 0 Å². The molecule has 19 heavy (non-hydrogen) atoms. The third-order valence-corrected chi connectivity index (χ3v) is 3.81. The first-order valence-corrected chi connectivity index (χ1v) is 8.11. The highest BCUT2D eigenvalue weighted by molar-refractivity contribution is 5.17. The summed E-state index contributed by atoms with van der Waals surface area (Å²) in [6, 6.07) is 4.53. The quantitative estimate of drug-likeness (QED) is 0.592. The van der Waals surface area contributed by atoms with Crippen LogP contribution in [0.1, 0.15) is 70.2 Å². The lowest BCUT2D eigenvalue weighted by atomic mass is 10.1. The number of aliphatic hydroxyl groups excluding tert-OH is 1. The van der Waals surface area contributed by atoms with Crippen molar-refractivity contribution in [1.82, 2.24) is 4.57 Å². The summed E-state index contributed by atoms with van der Waals surface area (Å²) < 4.78 is 2.35. The molecular formula is C17H31NO. The molecule has 1 heterocycles. The molecule has 1 aromatic heterocycles. The molecule has 2 nitrogen and oxygen atoms in total. The molecule has 0 radical (unpaired) electrons. The molecule has 1 N–H and O–H groups in total. The van der Waals surface area contributed by atoms with Crippen molar-refractivity contribution in [2.75, 3.05) is 6.61 Å². The zero-order valence-electron chi connectivity index (χ0n) is 12.8. The average molecular weight is 265 g/mol. The van der Waals surface area contributed by atoms with E-state index in [-0.39, 0.29) is 6.61 Å². The standard InChI is InChI=1S/C17H31NO/c1-3-5-7-9-11-17-13-12-16(10-8-6-4-2)18(17)14-15-19/h12-13,19H,3-11,14-15H2,1-2H3. The van der Waals surface area contributed by atoms with Gasteiger partial charge in [0.1, 0.15) is 0 Å². The van der Waals surface area contributed by atoms with E-state index >= 15 is 0 Å². The maximum atomic E-state index is 9.25. The topological polar surface area (TPSA) is 25.2 Å². The van der Waals surface area contributed by atoms with Crippen LogP contribution in [0.3, 0.4) is 0 Å². The molecule has 1 rings (SSSR count). The van der Waals surface area contributed by atoms with E-state index in [1.165, 1.54) is 56.3 Å². The van der Waals surface area contributed by atoms with Crippen molar-refractivity contribution in [3.8, 4) is 0 Å². The summed E-state index contributed by atoms with van der Waals surface area (Å²) in [5.41, 5.74) is 2.82. The van der Waals surface area contributed by atoms with Crippen molar-refractivity contribution in [2.45, 2.75) is 78.2 Å². The molecule has 0 aliphatic carbocycles. The summed E-state index contributed by atoms with van der Waals surface area (Å²) in [7, 11) is 0. The Bertz CT molecular complexity index is 330. The second-order valence-corrected chi connectivity index (χ2v) is 5.46. The van der Waals surface area contributed by atoms with Crippen molar-refractivity contribution >= 4 is 0 Å². The Kier molecular flexibility index (Phi) is 8.64. The van der Waals surface area contributed by atoms with Crippen LogP contribution in [0.2, 0.25) is 0 Å². The number of aliphatic hydroxyl groups is 1. The molecule has 0 aliphatic heterocycles. The molecule has 0 fully saturated rings. The Hall–Kier alpha value is -0.760. The van der Waals surface area contributed by atoms with Crippen LogP contribution in [0.15, 0.2) is 12.1 Å². The number of unbranched alkanes of at least 4 members (excludes halogenated alkanes) is 5. The fourth-order valence-electron chi connectivity index (χ4n) is 2.67. The van der Waals surface area contributed by atoms with Crippen molar-refractivity contribution < 1.29 is 5.11 Å². The van der Waals surface area contributed by atoms with Crippen LogP contribution in [0, 0.1) is 0 Å². The second kappa shape index (κ2) is 10.1. The van der Waals surface area contributed by atoms with Crippen molar-refractivity contribution in [1.29, 1.82) is 0 Å². The lowest BCUT2D eigenvalue weighted by molar-refractivity contribution is 0.272. The fraction of sp³-hybridized carbons (Fsp3) is 0.765. The van der Waals surface area contributed by atoms with Crippen LogP contribution in [0.25, 0.3) is 0 Å². The predicted octanol–water partition coefficient (Wildman–Crippen LogP) is 4.34. The van der Waals surface area contributed by atoms with Crippen molar-refractivity contribution in [2.24, 2.45) is 0 Å². The summed E-state index contributed by atoms with van der Waals surface area (Å²) in [6.07, 6.45) is 11.4. The van der Waals surface area contributed by atoms with E-state index < -0.39 is 0 Å². The number of hydrogen-bond acceptors (Lipinski definition) is 1. The normalized spacial score (nSPS) is 11.1. The number of hydrogen-bond donors (Lipinski definition) is 1. The largest absolute Gasteiger partial charge is 0.395 e. The van der Waals surface area contributed by atoms with Crippen molar-refractivity contribution in [3.63, 3.8) is 0 Å². The van der Waals surface area contributed by atoms with E-state index in [2.05, 4.69) is 30.5 Å². The van der Waals surface area contributed by atoms with Crippen LogP contribution >= 0.6 is 0 Å². The first-order valence-electron chi connectivity index (χ1n) is 8.11. The minimum atomic E-state index is 0.247. The van der Waals surface area contributed by atoms with E-state index in [1.54, 1.807) is 0 Å². The summed E-state index contributed by atoms with van der Waals surface area (Å²) in [5.74, 6) is 0. The molecule has 0 aliphatic rings. The Morgan fingerprint density at radius 2 is 1.37 bits per heavy atom. The molecule has 0 aromatic carbocycles. The van der Waals surface area contributed by atoms with Gasteiger partial charge in [0, 0.05) is 17.9 Å². The molecular weight excluding hydrogens is 234 g/mol. The summed E-state index contributed by atoms with van der Waals surface area (Å²) in [5, 5.41) is 9.25. The Labute approximate surface area is 118 Å². The minimum Gasteiger partial charge on any atom is -0.395 e. The highest BCUT2D eigenvalue weighted by Gasteiger charge is 2.07. The van der Waals surface area contributed by atoms with Crippen molar-refractivity contribution in [3.05, 3.63) is 23.5 Å². The molecule has 0 unspecified atom stereocenters. The third-order valence-electron chi connectivity index (χ3n) is 3.81. The highest BCUT2D eigenvalue weighted by Crippen LogP contribution is 2.16. The third kappa shape index (κ3) is 5.82. The maximum absolute atomic E-state index is 9.25. The summed E-state index contributed by atoms with van der Waals surface area (Å²) in [6.45, 7) is 5.50. The lowest BCUT2D eigenvalue weighted by Crippen LogP contribution is -2.10. The van der Waals surface area contributed by atoms with Gasteiger partial charge in [-0.2, -0.15) is 0 Å². The van der Waals surface area contributed by atoms with E-state index in [0.29, 0.717) is 0 Å². The molecule has 0 atom stereocenters. The van der Waals surface area contributed by atoms with Gasteiger partial charge >= 0.3 is 0 Å². The van der Waals surface area contributed by atoms with Gasteiger partial charge in [0.2, 0.25) is 0 Å². The van der Waals surface area contributed by atoms with Gasteiger partial charge in [0.05, 0.1) is 6.61 Å². The van der Waals surface area contributed by atoms with Crippen LogP contribution in [-0.2, 0) is 19.4 Å². The van der Waals surface area contributed by atoms with Gasteiger partial charge in [-0.05, 0) is 37.8 Å². The molecule has 1 aromatic rings. The second-order valence-electron chi connectivity index (χ2n) is 5.46. The van der Waals surface area contributed by atoms with Gasteiger partial charge < -0.3 is 9.67 Å². The van der Waals surface area contributed by atoms with E-state index in [9.17, 15) is 5.11 Å². The number of aromatic nitrogens is 1. The summed E-state index contributed by atoms with van der Waals surface area (Å²) in [4.78, 5) is 0. The highest BCUT2D eigenvalue weighted by atomic mass is 16.3. The molecule has 0 bridgehead atoms. The Morgan fingerprint density at radius 1 is 0.842 bits per heavy atom. The number of nitrogens with zero attached hydrogens (tertiary/aromatic N) is 1. The SMILES string of the molecule is CCCCCCc1ccc(CCCCC)n1CCO.